The number of rotatable bonds is 5. The normalized spacial score (nSPS) is 12.8. The Labute approximate surface area is 134 Å². The molecule has 0 bridgehead atoms. The van der Waals surface area contributed by atoms with Crippen LogP contribution in [-0.4, -0.2) is 10.5 Å². The van der Waals surface area contributed by atoms with Gasteiger partial charge in [0, 0.05) is 18.0 Å². The lowest BCUT2D eigenvalue weighted by atomic mass is 9.99. The van der Waals surface area contributed by atoms with E-state index in [1.807, 2.05) is 38.1 Å². The van der Waals surface area contributed by atoms with E-state index in [9.17, 15) is 8.60 Å². The van der Waals surface area contributed by atoms with Gasteiger partial charge in [0.1, 0.15) is 16.8 Å². The molecule has 0 aliphatic heterocycles. The molecule has 2 unspecified atom stereocenters. The second-order valence-corrected chi connectivity index (χ2v) is 5.73. The summed E-state index contributed by atoms with van der Waals surface area (Å²) in [5.41, 5.74) is 8.86. The Hall–Kier alpha value is -1.72. The molecule has 0 heterocycles. The first-order valence-electron chi connectivity index (χ1n) is 7.24. The highest BCUT2D eigenvalue weighted by Crippen LogP contribution is 2.19. The highest BCUT2D eigenvalue weighted by Gasteiger charge is 2.08. The van der Waals surface area contributed by atoms with Gasteiger partial charge in [-0.3, -0.25) is 0 Å². The summed E-state index contributed by atoms with van der Waals surface area (Å²) < 4.78 is 26.9. The van der Waals surface area contributed by atoms with Crippen LogP contribution in [0.4, 0.5) is 10.1 Å². The molecule has 0 aliphatic carbocycles. The number of nitrogens with two attached hydrogens (primary N) is 1. The molecule has 0 saturated carbocycles. The van der Waals surface area contributed by atoms with Gasteiger partial charge in [0.15, 0.2) is 0 Å². The topological polar surface area (TPSA) is 55.1 Å². The lowest BCUT2D eigenvalue weighted by molar-refractivity contribution is 0.624. The van der Waals surface area contributed by atoms with Crippen molar-refractivity contribution >= 4 is 16.7 Å². The van der Waals surface area contributed by atoms with E-state index >= 15 is 0 Å². The van der Waals surface area contributed by atoms with Crippen molar-refractivity contribution in [3.8, 4) is 0 Å². The van der Waals surface area contributed by atoms with Crippen molar-refractivity contribution in [3.05, 3.63) is 65.5 Å². The first kappa shape index (κ1) is 18.3. The molecular weight excluding hydrogens is 299 g/mol. The van der Waals surface area contributed by atoms with Gasteiger partial charge in [-0.25, -0.2) is 8.60 Å². The van der Waals surface area contributed by atoms with E-state index in [2.05, 4.69) is 4.72 Å². The highest BCUT2D eigenvalue weighted by molar-refractivity contribution is 7.85. The fraction of sp³-hybridized carbons (Fsp3) is 0.294. The van der Waals surface area contributed by atoms with Gasteiger partial charge in [0.2, 0.25) is 0 Å². The molecule has 0 fully saturated rings. The Morgan fingerprint density at radius 2 is 1.82 bits per heavy atom. The van der Waals surface area contributed by atoms with Gasteiger partial charge >= 0.3 is 0 Å². The molecule has 5 heteroatoms. The number of benzene rings is 2. The molecule has 0 aromatic heterocycles. The molecule has 0 amide bonds. The van der Waals surface area contributed by atoms with E-state index < -0.39 is 11.0 Å². The van der Waals surface area contributed by atoms with Crippen LogP contribution >= 0.6 is 0 Å². The van der Waals surface area contributed by atoms with E-state index in [-0.39, 0.29) is 11.9 Å². The fourth-order valence-electron chi connectivity index (χ4n) is 2.01. The number of nitrogens with one attached hydrogen (secondary N) is 1. The Morgan fingerprint density at radius 1 is 1.18 bits per heavy atom. The van der Waals surface area contributed by atoms with E-state index in [0.717, 1.165) is 16.8 Å². The van der Waals surface area contributed by atoms with Crippen LogP contribution in [0.3, 0.4) is 0 Å². The van der Waals surface area contributed by atoms with Gasteiger partial charge < -0.3 is 10.5 Å². The average molecular weight is 322 g/mol. The van der Waals surface area contributed by atoms with E-state index in [1.165, 1.54) is 12.1 Å². The number of hydrogen-bond donors (Lipinski definition) is 2. The Kier molecular flexibility index (Phi) is 7.77. The molecule has 0 saturated heterocycles. The molecule has 2 atom stereocenters. The second-order valence-electron chi connectivity index (χ2n) is 4.62. The van der Waals surface area contributed by atoms with Crippen molar-refractivity contribution in [1.82, 2.24) is 0 Å². The molecule has 3 nitrogen and oxygen atoms in total. The van der Waals surface area contributed by atoms with Crippen LogP contribution in [0.5, 0.6) is 0 Å². The number of hydrogen-bond acceptors (Lipinski definition) is 2. The van der Waals surface area contributed by atoms with Gasteiger partial charge in [-0.2, -0.15) is 0 Å². The fourth-order valence-corrected chi connectivity index (χ4v) is 2.47. The van der Waals surface area contributed by atoms with Gasteiger partial charge in [0.25, 0.3) is 0 Å². The minimum absolute atomic E-state index is 0.196. The van der Waals surface area contributed by atoms with Gasteiger partial charge in [-0.15, -0.1) is 0 Å². The predicted octanol–water partition coefficient (Wildman–Crippen LogP) is 3.80. The third-order valence-corrected chi connectivity index (χ3v) is 3.47. The zero-order chi connectivity index (χ0) is 16.5. The minimum atomic E-state index is -1.10. The van der Waals surface area contributed by atoms with Crippen molar-refractivity contribution < 1.29 is 8.60 Å². The van der Waals surface area contributed by atoms with E-state index in [0.29, 0.717) is 6.42 Å². The number of anilines is 1. The highest BCUT2D eigenvalue weighted by atomic mass is 32.2. The quantitative estimate of drug-likeness (QED) is 0.879. The largest absolute Gasteiger partial charge is 0.324 e. The third-order valence-electron chi connectivity index (χ3n) is 2.94. The SMILES string of the molecule is CC.CS(=O)Nc1cccc(CC(N)c2ccc(F)cc2)c1. The van der Waals surface area contributed by atoms with Crippen LogP contribution < -0.4 is 10.5 Å². The monoisotopic (exact) mass is 322 g/mol. The summed E-state index contributed by atoms with van der Waals surface area (Å²) in [6, 6.07) is 13.7. The van der Waals surface area contributed by atoms with Crippen molar-refractivity contribution in [2.24, 2.45) is 5.73 Å². The molecule has 0 radical (unpaired) electrons. The lowest BCUT2D eigenvalue weighted by Gasteiger charge is -2.13. The van der Waals surface area contributed by atoms with Crippen LogP contribution in [-0.2, 0) is 17.4 Å². The summed E-state index contributed by atoms with van der Waals surface area (Å²) in [4.78, 5) is 0. The average Bonchev–Trinajstić information content (AvgIpc) is 2.49. The molecule has 0 spiro atoms. The zero-order valence-electron chi connectivity index (χ0n) is 13.2. The smallest absolute Gasteiger partial charge is 0.123 e. The molecule has 2 aromatic rings. The summed E-state index contributed by atoms with van der Waals surface area (Å²) in [5.74, 6) is -0.266. The summed E-state index contributed by atoms with van der Waals surface area (Å²) in [7, 11) is -1.10. The Bertz CT molecular complexity index is 602. The zero-order valence-corrected chi connectivity index (χ0v) is 14.0. The Morgan fingerprint density at radius 3 is 2.41 bits per heavy atom. The van der Waals surface area contributed by atoms with Crippen LogP contribution in [0.2, 0.25) is 0 Å². The maximum absolute atomic E-state index is 12.9. The van der Waals surface area contributed by atoms with E-state index in [4.69, 9.17) is 5.73 Å². The maximum Gasteiger partial charge on any atom is 0.123 e. The van der Waals surface area contributed by atoms with Crippen molar-refractivity contribution in [1.29, 1.82) is 0 Å². The Balaban J connectivity index is 0.00000116. The van der Waals surface area contributed by atoms with Crippen LogP contribution in [0.1, 0.15) is 31.0 Å². The molecule has 3 N–H and O–H groups in total. The van der Waals surface area contributed by atoms with Crippen LogP contribution in [0.15, 0.2) is 48.5 Å². The van der Waals surface area contributed by atoms with Crippen molar-refractivity contribution in [2.75, 3.05) is 11.0 Å². The van der Waals surface area contributed by atoms with Crippen molar-refractivity contribution in [2.45, 2.75) is 26.3 Å². The minimum Gasteiger partial charge on any atom is -0.324 e. The summed E-state index contributed by atoms with van der Waals surface area (Å²) in [6.07, 6.45) is 2.22. The second kappa shape index (κ2) is 9.33. The summed E-state index contributed by atoms with van der Waals surface area (Å²) in [5, 5.41) is 0. The summed E-state index contributed by atoms with van der Waals surface area (Å²) in [6.45, 7) is 4.00. The molecule has 2 rings (SSSR count). The predicted molar refractivity (Wildman–Crippen MR) is 92.5 cm³/mol. The standard InChI is InChI=1S/C15H17FN2OS.C2H6/c1-20(19)18-14-4-2-3-11(9-14)10-15(17)12-5-7-13(16)8-6-12;1-2/h2-9,15,18H,10,17H2,1H3;1-2H3. The molecule has 22 heavy (non-hydrogen) atoms. The maximum atomic E-state index is 12.9. The molecule has 120 valence electrons. The molecule has 0 aliphatic rings. The van der Waals surface area contributed by atoms with Crippen LogP contribution in [0, 0.1) is 5.82 Å². The molecule has 2 aromatic carbocycles. The van der Waals surface area contributed by atoms with Gasteiger partial charge in [-0.05, 0) is 41.8 Å². The molecular formula is C17H23FN2OS. The van der Waals surface area contributed by atoms with Crippen molar-refractivity contribution in [3.63, 3.8) is 0 Å². The summed E-state index contributed by atoms with van der Waals surface area (Å²) >= 11 is 0. The van der Waals surface area contributed by atoms with E-state index in [1.54, 1.807) is 18.4 Å². The third kappa shape index (κ3) is 5.95. The first-order chi connectivity index (χ1) is 10.5. The number of halogens is 1. The first-order valence-corrected chi connectivity index (χ1v) is 8.80. The van der Waals surface area contributed by atoms with Crippen LogP contribution in [0.25, 0.3) is 0 Å². The van der Waals surface area contributed by atoms with Gasteiger partial charge in [0.05, 0.1) is 0 Å². The lowest BCUT2D eigenvalue weighted by Crippen LogP contribution is -2.13. The van der Waals surface area contributed by atoms with Gasteiger partial charge in [-0.1, -0.05) is 38.1 Å².